The number of β-amino-alcohol motifs (C(OH)–C–C–N with tert-alkyl or cyclic N) is 1. The minimum atomic E-state index is -1.13. The lowest BCUT2D eigenvalue weighted by atomic mass is 10.1. The molecule has 8 nitrogen and oxygen atoms in total. The van der Waals surface area contributed by atoms with Gasteiger partial charge in [-0.2, -0.15) is 0 Å². The number of nitrogens with zero attached hydrogens (tertiary/aromatic N) is 3. The fraction of sp³-hybridized carbons (Fsp3) is 0.444. The van der Waals surface area contributed by atoms with Crippen LogP contribution in [0.5, 0.6) is 17.2 Å². The summed E-state index contributed by atoms with van der Waals surface area (Å²) in [6, 6.07) is 13.1. The number of aryl methyl sites for hydroxylation is 2. The van der Waals surface area contributed by atoms with E-state index in [2.05, 4.69) is 14.5 Å². The van der Waals surface area contributed by atoms with E-state index in [1.165, 1.54) is 0 Å². The Morgan fingerprint density at radius 3 is 2.72 bits per heavy atom. The molecule has 1 aliphatic heterocycles. The van der Waals surface area contributed by atoms with Crippen molar-refractivity contribution < 1.29 is 24.1 Å². The van der Waals surface area contributed by atoms with E-state index in [1.54, 1.807) is 31.4 Å². The quantitative estimate of drug-likeness (QED) is 0.387. The van der Waals surface area contributed by atoms with Crippen molar-refractivity contribution >= 4 is 11.6 Å². The van der Waals surface area contributed by atoms with Gasteiger partial charge in [0.25, 0.3) is 0 Å². The molecule has 1 aromatic heterocycles. The van der Waals surface area contributed by atoms with E-state index < -0.39 is 5.60 Å². The highest BCUT2D eigenvalue weighted by Crippen LogP contribution is 2.29. The lowest BCUT2D eigenvalue weighted by molar-refractivity contribution is -0.0646. The molecule has 2 aromatic carbocycles. The fourth-order valence-electron chi connectivity index (χ4n) is 4.21. The molecule has 0 aliphatic carbocycles. The lowest BCUT2D eigenvalue weighted by Crippen LogP contribution is -2.48. The van der Waals surface area contributed by atoms with Gasteiger partial charge >= 0.3 is 0 Å². The summed E-state index contributed by atoms with van der Waals surface area (Å²) < 4.78 is 25.2. The second-order valence-electron chi connectivity index (χ2n) is 9.09. The molecule has 9 heteroatoms. The van der Waals surface area contributed by atoms with Crippen LogP contribution < -0.4 is 14.2 Å². The number of rotatable bonds is 11. The summed E-state index contributed by atoms with van der Waals surface area (Å²) >= 11 is 5.94. The molecule has 0 bridgehead atoms. The summed E-state index contributed by atoms with van der Waals surface area (Å²) in [6.07, 6.45) is 4.65. The van der Waals surface area contributed by atoms with Crippen LogP contribution in [0.4, 0.5) is 0 Å². The number of halogens is 1. The highest BCUT2D eigenvalue weighted by molar-refractivity contribution is 6.30. The molecular formula is C27H34ClN3O5. The third-order valence-corrected chi connectivity index (χ3v) is 6.37. The third-order valence-electron chi connectivity index (χ3n) is 6.12. The second kappa shape index (κ2) is 12.5. The molecule has 1 aliphatic rings. The van der Waals surface area contributed by atoms with Crippen molar-refractivity contribution in [2.75, 3.05) is 46.6 Å². The molecule has 36 heavy (non-hydrogen) atoms. The van der Waals surface area contributed by atoms with Gasteiger partial charge in [0.05, 0.1) is 26.9 Å². The Hall–Kier alpha value is -2.78. The van der Waals surface area contributed by atoms with Crippen LogP contribution in [-0.4, -0.2) is 71.8 Å². The van der Waals surface area contributed by atoms with E-state index in [-0.39, 0.29) is 13.2 Å². The van der Waals surface area contributed by atoms with Gasteiger partial charge in [-0.25, -0.2) is 4.98 Å². The van der Waals surface area contributed by atoms with Crippen molar-refractivity contribution in [3.8, 4) is 17.2 Å². The Morgan fingerprint density at radius 1 is 1.14 bits per heavy atom. The van der Waals surface area contributed by atoms with Crippen molar-refractivity contribution in [3.63, 3.8) is 0 Å². The zero-order chi connectivity index (χ0) is 25.4. The molecule has 0 spiro atoms. The number of hydrogen-bond acceptors (Lipinski definition) is 7. The lowest BCUT2D eigenvalue weighted by Gasteiger charge is -2.30. The minimum absolute atomic E-state index is 0.125. The molecular weight excluding hydrogens is 482 g/mol. The Labute approximate surface area is 217 Å². The number of ether oxygens (including phenoxy) is 4. The first-order valence-electron chi connectivity index (χ1n) is 12.1. The van der Waals surface area contributed by atoms with E-state index in [4.69, 9.17) is 30.5 Å². The van der Waals surface area contributed by atoms with E-state index in [0.717, 1.165) is 30.1 Å². The van der Waals surface area contributed by atoms with Crippen LogP contribution in [0.25, 0.3) is 0 Å². The Morgan fingerprint density at radius 2 is 1.97 bits per heavy atom. The Balaban J connectivity index is 1.31. The molecule has 3 aromatic rings. The van der Waals surface area contributed by atoms with Gasteiger partial charge in [-0.15, -0.1) is 0 Å². The number of benzene rings is 2. The fourth-order valence-corrected chi connectivity index (χ4v) is 4.34. The van der Waals surface area contributed by atoms with E-state index in [1.807, 2.05) is 37.5 Å². The number of methoxy groups -OCH3 is 1. The summed E-state index contributed by atoms with van der Waals surface area (Å²) in [7, 11) is 1.65. The van der Waals surface area contributed by atoms with Crippen LogP contribution in [0.1, 0.15) is 17.8 Å². The second-order valence-corrected chi connectivity index (χ2v) is 9.52. The summed E-state index contributed by atoms with van der Waals surface area (Å²) in [4.78, 5) is 6.41. The zero-order valence-electron chi connectivity index (χ0n) is 20.9. The zero-order valence-corrected chi connectivity index (χ0v) is 21.6. The van der Waals surface area contributed by atoms with Gasteiger partial charge in [0.1, 0.15) is 23.8 Å². The Bertz CT molecular complexity index is 1110. The summed E-state index contributed by atoms with van der Waals surface area (Å²) in [5, 5.41) is 11.8. The first-order chi connectivity index (χ1) is 17.4. The Kier molecular flexibility index (Phi) is 9.09. The van der Waals surface area contributed by atoms with Crippen molar-refractivity contribution in [2.45, 2.75) is 32.0 Å². The molecule has 1 fully saturated rings. The first kappa shape index (κ1) is 26.3. The summed E-state index contributed by atoms with van der Waals surface area (Å²) in [6.45, 7) is 6.08. The number of aromatic nitrogens is 2. The number of imidazole rings is 1. The van der Waals surface area contributed by atoms with E-state index in [0.29, 0.717) is 49.4 Å². The van der Waals surface area contributed by atoms with Crippen molar-refractivity contribution in [1.29, 1.82) is 0 Å². The van der Waals surface area contributed by atoms with Crippen LogP contribution in [0.2, 0.25) is 5.02 Å². The topological polar surface area (TPSA) is 78.2 Å². The molecule has 0 unspecified atom stereocenters. The van der Waals surface area contributed by atoms with Crippen LogP contribution >= 0.6 is 11.6 Å². The predicted molar refractivity (Wildman–Crippen MR) is 138 cm³/mol. The number of aliphatic hydroxyl groups is 1. The van der Waals surface area contributed by atoms with Gasteiger partial charge in [-0.3, -0.25) is 4.90 Å². The highest BCUT2D eigenvalue weighted by atomic mass is 35.5. The molecule has 0 radical (unpaired) electrons. The van der Waals surface area contributed by atoms with Crippen LogP contribution in [-0.2, 0) is 17.8 Å². The molecule has 1 N–H and O–H groups in total. The maximum Gasteiger partial charge on any atom is 0.161 e. The molecule has 194 valence electrons. The normalized spacial score (nSPS) is 18.6. The smallest absolute Gasteiger partial charge is 0.161 e. The third kappa shape index (κ3) is 7.36. The van der Waals surface area contributed by atoms with Crippen molar-refractivity contribution in [3.05, 3.63) is 71.3 Å². The van der Waals surface area contributed by atoms with Gasteiger partial charge < -0.3 is 28.6 Å². The van der Waals surface area contributed by atoms with E-state index in [9.17, 15) is 5.11 Å². The largest absolute Gasteiger partial charge is 0.493 e. The van der Waals surface area contributed by atoms with Crippen LogP contribution in [0.3, 0.4) is 0 Å². The van der Waals surface area contributed by atoms with Gasteiger partial charge in [0, 0.05) is 43.6 Å². The minimum Gasteiger partial charge on any atom is -0.493 e. The first-order valence-corrected chi connectivity index (χ1v) is 12.5. The van der Waals surface area contributed by atoms with Gasteiger partial charge in [-0.1, -0.05) is 17.7 Å². The average Bonchev–Trinajstić information content (AvgIpc) is 3.19. The molecule has 2 heterocycles. The van der Waals surface area contributed by atoms with Crippen LogP contribution in [0.15, 0.2) is 54.9 Å². The van der Waals surface area contributed by atoms with Crippen molar-refractivity contribution in [1.82, 2.24) is 14.5 Å². The monoisotopic (exact) mass is 515 g/mol. The molecule has 4 rings (SSSR count). The number of hydrogen-bond donors (Lipinski definition) is 1. The van der Waals surface area contributed by atoms with Crippen molar-refractivity contribution in [2.24, 2.45) is 0 Å². The average molecular weight is 516 g/mol. The summed E-state index contributed by atoms with van der Waals surface area (Å²) in [5.74, 6) is 3.07. The van der Waals surface area contributed by atoms with Gasteiger partial charge in [-0.05, 0) is 55.3 Å². The summed E-state index contributed by atoms with van der Waals surface area (Å²) in [5.41, 5.74) is -0.0623. The highest BCUT2D eigenvalue weighted by Gasteiger charge is 2.33. The standard InChI is InChI=1S/C27H34ClN3O5/c1-21-29-10-12-31(21)11-3-14-35-25-9-4-22(16-26(25)33-2)17-30-13-15-34-19-27(32,18-30)20-36-24-7-5-23(28)6-8-24/h4-10,12,16,32H,3,11,13-15,17-20H2,1-2H3/t27-/m0/s1. The van der Waals surface area contributed by atoms with Crippen LogP contribution in [0, 0.1) is 6.92 Å². The molecule has 1 atom stereocenters. The maximum atomic E-state index is 11.2. The molecule has 0 saturated carbocycles. The van der Waals surface area contributed by atoms with Gasteiger partial charge in [0.15, 0.2) is 11.5 Å². The molecule has 1 saturated heterocycles. The predicted octanol–water partition coefficient (Wildman–Crippen LogP) is 3.96. The van der Waals surface area contributed by atoms with Gasteiger partial charge in [0.2, 0.25) is 0 Å². The molecule has 0 amide bonds. The van der Waals surface area contributed by atoms with E-state index >= 15 is 0 Å². The maximum absolute atomic E-state index is 11.2. The SMILES string of the molecule is COc1cc(CN2CCOC[C@](O)(COc3ccc(Cl)cc3)C2)ccc1OCCCn1ccnc1C.